The van der Waals surface area contributed by atoms with Gasteiger partial charge in [-0.2, -0.15) is 0 Å². The molecule has 76 valence electrons. The molecule has 5 heteroatoms. The van der Waals surface area contributed by atoms with E-state index in [1.807, 2.05) is 12.1 Å². The lowest BCUT2D eigenvalue weighted by molar-refractivity contribution is 0.357. The molecule has 3 nitrogen and oxygen atoms in total. The Kier molecular flexibility index (Phi) is 3.20. The van der Waals surface area contributed by atoms with Crippen LogP contribution in [-0.4, -0.2) is 36.9 Å². The summed E-state index contributed by atoms with van der Waals surface area (Å²) in [5, 5.41) is 11.3. The van der Waals surface area contributed by atoms with E-state index in [1.54, 1.807) is 11.3 Å². The zero-order valence-electron chi connectivity index (χ0n) is 7.72. The van der Waals surface area contributed by atoms with Gasteiger partial charge < -0.3 is 10.2 Å². The van der Waals surface area contributed by atoms with Crippen LogP contribution in [0.2, 0.25) is 0 Å². The highest BCUT2D eigenvalue weighted by molar-refractivity contribution is 9.11. The van der Waals surface area contributed by atoms with Gasteiger partial charge in [0.15, 0.2) is 0 Å². The van der Waals surface area contributed by atoms with Crippen molar-refractivity contribution in [3.63, 3.8) is 0 Å². The first kappa shape index (κ1) is 10.1. The van der Waals surface area contributed by atoms with E-state index in [0.717, 1.165) is 34.8 Å². The smallest absolute Gasteiger partial charge is 0.138 e. The van der Waals surface area contributed by atoms with Gasteiger partial charge in [-0.1, -0.05) is 0 Å². The summed E-state index contributed by atoms with van der Waals surface area (Å²) in [5.74, 6) is 0.655. The molecule has 1 aromatic heterocycles. The first-order valence-electron chi connectivity index (χ1n) is 4.57. The van der Waals surface area contributed by atoms with Gasteiger partial charge in [-0.15, -0.1) is 11.3 Å². The summed E-state index contributed by atoms with van der Waals surface area (Å²) in [6.07, 6.45) is 0. The number of amidine groups is 1. The minimum Gasteiger partial charge on any atom is -0.353 e. The molecule has 1 aromatic rings. The van der Waals surface area contributed by atoms with Crippen molar-refractivity contribution in [1.29, 1.82) is 5.41 Å². The molecule has 0 spiro atoms. The molecule has 1 saturated heterocycles. The van der Waals surface area contributed by atoms with Gasteiger partial charge in [0.1, 0.15) is 5.84 Å². The van der Waals surface area contributed by atoms with Crippen molar-refractivity contribution in [1.82, 2.24) is 10.2 Å². The topological polar surface area (TPSA) is 39.1 Å². The molecule has 0 radical (unpaired) electrons. The molecule has 0 amide bonds. The molecule has 0 unspecified atom stereocenters. The Balaban J connectivity index is 2.07. The highest BCUT2D eigenvalue weighted by Crippen LogP contribution is 2.23. The maximum atomic E-state index is 8.03. The Labute approximate surface area is 95.8 Å². The second kappa shape index (κ2) is 4.42. The zero-order chi connectivity index (χ0) is 9.97. The number of halogens is 1. The van der Waals surface area contributed by atoms with Crippen LogP contribution < -0.4 is 5.32 Å². The Morgan fingerprint density at radius 1 is 1.43 bits per heavy atom. The zero-order valence-corrected chi connectivity index (χ0v) is 10.1. The second-order valence-electron chi connectivity index (χ2n) is 3.19. The van der Waals surface area contributed by atoms with E-state index in [0.29, 0.717) is 5.84 Å². The summed E-state index contributed by atoms with van der Waals surface area (Å²) < 4.78 is 1.09. The van der Waals surface area contributed by atoms with Crippen molar-refractivity contribution in [3.05, 3.63) is 20.8 Å². The maximum Gasteiger partial charge on any atom is 0.138 e. The van der Waals surface area contributed by atoms with Gasteiger partial charge in [-0.3, -0.25) is 5.41 Å². The first-order valence-corrected chi connectivity index (χ1v) is 6.18. The van der Waals surface area contributed by atoms with E-state index in [1.165, 1.54) is 0 Å². The highest BCUT2D eigenvalue weighted by atomic mass is 79.9. The number of hydrogen-bond donors (Lipinski definition) is 2. The van der Waals surface area contributed by atoms with Crippen LogP contribution in [0.4, 0.5) is 0 Å². The van der Waals surface area contributed by atoms with Gasteiger partial charge in [0, 0.05) is 26.2 Å². The lowest BCUT2D eigenvalue weighted by Crippen LogP contribution is -2.46. The monoisotopic (exact) mass is 273 g/mol. The lowest BCUT2D eigenvalue weighted by Gasteiger charge is -2.28. The Hall–Kier alpha value is -0.390. The number of thiophene rings is 1. The third-order valence-corrected chi connectivity index (χ3v) is 3.87. The van der Waals surface area contributed by atoms with Crippen LogP contribution >= 0.6 is 27.3 Å². The molecule has 2 rings (SSSR count). The van der Waals surface area contributed by atoms with Crippen LogP contribution in [0.1, 0.15) is 4.88 Å². The van der Waals surface area contributed by atoms with E-state index in [-0.39, 0.29) is 0 Å². The molecular weight excluding hydrogens is 262 g/mol. The van der Waals surface area contributed by atoms with Crippen molar-refractivity contribution in [2.45, 2.75) is 0 Å². The fourth-order valence-electron chi connectivity index (χ4n) is 1.49. The van der Waals surface area contributed by atoms with E-state index in [2.05, 4.69) is 26.1 Å². The summed E-state index contributed by atoms with van der Waals surface area (Å²) in [7, 11) is 0. The van der Waals surface area contributed by atoms with Crippen LogP contribution in [0.5, 0.6) is 0 Å². The number of rotatable bonds is 1. The predicted octanol–water partition coefficient (Wildman–Crippen LogP) is 1.74. The SMILES string of the molecule is N=C(c1ccc(Br)s1)N1CCNCC1. The molecule has 0 aliphatic carbocycles. The van der Waals surface area contributed by atoms with E-state index in [9.17, 15) is 0 Å². The maximum absolute atomic E-state index is 8.03. The van der Waals surface area contributed by atoms with Crippen molar-refractivity contribution < 1.29 is 0 Å². The molecule has 1 aliphatic rings. The standard InChI is InChI=1S/C9H12BrN3S/c10-8-2-1-7(14-8)9(11)13-5-3-12-4-6-13/h1-2,11-12H,3-6H2. The minimum absolute atomic E-state index is 0.655. The van der Waals surface area contributed by atoms with Crippen LogP contribution in [0.25, 0.3) is 0 Å². The fourth-order valence-corrected chi connectivity index (χ4v) is 2.85. The van der Waals surface area contributed by atoms with Gasteiger partial charge in [-0.25, -0.2) is 0 Å². The third-order valence-electron chi connectivity index (χ3n) is 2.24. The molecule has 0 bridgehead atoms. The average Bonchev–Trinajstić information content (AvgIpc) is 2.65. The first-order chi connectivity index (χ1) is 6.77. The molecule has 0 saturated carbocycles. The molecule has 0 aromatic carbocycles. The van der Waals surface area contributed by atoms with Gasteiger partial charge in [-0.05, 0) is 28.1 Å². The molecule has 2 heterocycles. The summed E-state index contributed by atoms with van der Waals surface area (Å²) in [6, 6.07) is 4.00. The largest absolute Gasteiger partial charge is 0.353 e. The van der Waals surface area contributed by atoms with Crippen molar-refractivity contribution >= 4 is 33.1 Å². The average molecular weight is 274 g/mol. The van der Waals surface area contributed by atoms with Crippen molar-refractivity contribution in [3.8, 4) is 0 Å². The Bertz CT molecular complexity index is 331. The predicted molar refractivity (Wildman–Crippen MR) is 63.3 cm³/mol. The molecule has 0 atom stereocenters. The third kappa shape index (κ3) is 2.16. The number of piperazine rings is 1. The normalized spacial score (nSPS) is 17.1. The summed E-state index contributed by atoms with van der Waals surface area (Å²) in [4.78, 5) is 3.16. The van der Waals surface area contributed by atoms with E-state index in [4.69, 9.17) is 5.41 Å². The molecule has 1 aliphatic heterocycles. The number of nitrogens with one attached hydrogen (secondary N) is 2. The molecular formula is C9H12BrN3S. The highest BCUT2D eigenvalue weighted by Gasteiger charge is 2.15. The fraction of sp³-hybridized carbons (Fsp3) is 0.444. The number of nitrogens with zero attached hydrogens (tertiary/aromatic N) is 1. The summed E-state index contributed by atoms with van der Waals surface area (Å²) in [5.41, 5.74) is 0. The van der Waals surface area contributed by atoms with E-state index < -0.39 is 0 Å². The van der Waals surface area contributed by atoms with Gasteiger partial charge in [0.2, 0.25) is 0 Å². The van der Waals surface area contributed by atoms with E-state index >= 15 is 0 Å². The van der Waals surface area contributed by atoms with Crippen LogP contribution in [0.3, 0.4) is 0 Å². The van der Waals surface area contributed by atoms with Gasteiger partial charge in [0.05, 0.1) is 8.66 Å². The number of hydrogen-bond acceptors (Lipinski definition) is 3. The molecule has 2 N–H and O–H groups in total. The van der Waals surface area contributed by atoms with Crippen molar-refractivity contribution in [2.75, 3.05) is 26.2 Å². The Morgan fingerprint density at radius 3 is 2.71 bits per heavy atom. The van der Waals surface area contributed by atoms with Crippen LogP contribution in [0.15, 0.2) is 15.9 Å². The van der Waals surface area contributed by atoms with Crippen molar-refractivity contribution in [2.24, 2.45) is 0 Å². The lowest BCUT2D eigenvalue weighted by atomic mass is 10.3. The van der Waals surface area contributed by atoms with Gasteiger partial charge in [0.25, 0.3) is 0 Å². The summed E-state index contributed by atoms with van der Waals surface area (Å²) in [6.45, 7) is 3.84. The minimum atomic E-state index is 0.655. The van der Waals surface area contributed by atoms with Crippen LogP contribution in [0, 0.1) is 5.41 Å². The second-order valence-corrected chi connectivity index (χ2v) is 5.65. The quantitative estimate of drug-likeness (QED) is 0.605. The van der Waals surface area contributed by atoms with Gasteiger partial charge >= 0.3 is 0 Å². The molecule has 14 heavy (non-hydrogen) atoms. The Morgan fingerprint density at radius 2 is 2.14 bits per heavy atom. The summed E-state index contributed by atoms with van der Waals surface area (Å²) >= 11 is 5.03. The molecule has 1 fully saturated rings. The van der Waals surface area contributed by atoms with Crippen LogP contribution in [-0.2, 0) is 0 Å².